The third-order valence-corrected chi connectivity index (χ3v) is 9.56. The van der Waals surface area contributed by atoms with Gasteiger partial charge in [0, 0.05) is 14.9 Å². The lowest BCUT2D eigenvalue weighted by Crippen LogP contribution is -2.49. The van der Waals surface area contributed by atoms with Crippen LogP contribution in [0, 0.1) is 0 Å². The zero-order chi connectivity index (χ0) is 25.3. The van der Waals surface area contributed by atoms with E-state index in [1.807, 2.05) is 59.7 Å². The molecule has 4 rings (SSSR count). The monoisotopic (exact) mass is 501 g/mol. The second-order valence-electron chi connectivity index (χ2n) is 10.8. The first-order chi connectivity index (χ1) is 15.6. The number of ether oxygens (including phenoxy) is 1. The molecule has 6 nitrogen and oxygen atoms in total. The molecule has 1 N–H and O–H groups in total. The third kappa shape index (κ3) is 4.33. The van der Waals surface area contributed by atoms with Gasteiger partial charge in [-0.25, -0.2) is 4.79 Å². The van der Waals surface area contributed by atoms with Gasteiger partial charge in [0.05, 0.1) is 44.5 Å². The molecule has 10 heteroatoms. The van der Waals surface area contributed by atoms with Crippen molar-refractivity contribution in [3.63, 3.8) is 0 Å². The van der Waals surface area contributed by atoms with Crippen LogP contribution in [0.2, 0.25) is 0 Å². The normalized spacial score (nSPS) is 18.1. The van der Waals surface area contributed by atoms with E-state index < -0.39 is 35.5 Å². The molecule has 3 heterocycles. The lowest BCUT2D eigenvalue weighted by atomic mass is 9.86. The van der Waals surface area contributed by atoms with Gasteiger partial charge in [0.15, 0.2) is 0 Å². The summed E-state index contributed by atoms with van der Waals surface area (Å²) in [5.74, 6) is -0.391. The van der Waals surface area contributed by atoms with Gasteiger partial charge in [0.25, 0.3) is 0 Å². The van der Waals surface area contributed by atoms with Crippen LogP contribution in [0.3, 0.4) is 0 Å². The summed E-state index contributed by atoms with van der Waals surface area (Å²) in [5, 5.41) is 12.2. The van der Waals surface area contributed by atoms with Crippen LogP contribution in [0.4, 0.5) is 0 Å². The molecule has 1 aromatic carbocycles. The molecule has 34 heavy (non-hydrogen) atoms. The molecule has 0 aliphatic carbocycles. The molecule has 1 radical (unpaired) electrons. The number of carbonyl (C=O) groups is 1. The Morgan fingerprint density at radius 3 is 2.21 bits per heavy atom. The Morgan fingerprint density at radius 1 is 1.03 bits per heavy atom. The second-order valence-corrected chi connectivity index (χ2v) is 12.9. The Balaban J connectivity index is 1.77. The molecule has 0 unspecified atom stereocenters. The summed E-state index contributed by atoms with van der Waals surface area (Å²) in [7, 11) is 2.56. The minimum atomic E-state index is -1.03. The third-order valence-electron chi connectivity index (χ3n) is 7.16. The molecule has 0 spiro atoms. The molecule has 0 atom stereocenters. The van der Waals surface area contributed by atoms with Gasteiger partial charge in [0.2, 0.25) is 0 Å². The molecule has 1 aliphatic rings. The molecule has 2 aromatic heterocycles. The van der Waals surface area contributed by atoms with Crippen molar-refractivity contribution in [2.45, 2.75) is 77.8 Å². The number of hydrogen-bond donors (Lipinski definition) is 1. The molecule has 0 bridgehead atoms. The Morgan fingerprint density at radius 2 is 1.65 bits per heavy atom. The van der Waals surface area contributed by atoms with E-state index >= 15 is 0 Å². The molecule has 0 saturated carbocycles. The number of esters is 1. The van der Waals surface area contributed by atoms with E-state index in [-0.39, 0.29) is 0 Å². The van der Waals surface area contributed by atoms with E-state index in [0.717, 1.165) is 29.7 Å². The first-order valence-corrected chi connectivity index (χ1v) is 12.9. The van der Waals surface area contributed by atoms with Gasteiger partial charge in [-0.1, -0.05) is 0 Å². The molecule has 181 valence electrons. The highest BCUT2D eigenvalue weighted by atomic mass is 32.1. The summed E-state index contributed by atoms with van der Waals surface area (Å²) >= 11 is 3.14. The van der Waals surface area contributed by atoms with E-state index in [2.05, 4.69) is 0 Å². The van der Waals surface area contributed by atoms with Crippen molar-refractivity contribution in [1.29, 1.82) is 0 Å². The molecular formula is C24H31B2O6S2. The van der Waals surface area contributed by atoms with Crippen molar-refractivity contribution in [1.82, 2.24) is 0 Å². The minimum absolute atomic E-state index is 0.391. The molecular weight excluding hydrogens is 470 g/mol. The Bertz CT molecular complexity index is 1240. The van der Waals surface area contributed by atoms with Crippen molar-refractivity contribution in [3.05, 3.63) is 23.8 Å². The molecule has 0 amide bonds. The number of carbonyl (C=O) groups excluding carboxylic acids is 1. The summed E-state index contributed by atoms with van der Waals surface area (Å²) in [6.45, 7) is 15.2. The summed E-state index contributed by atoms with van der Waals surface area (Å²) in [6, 6.07) is 5.83. The Kier molecular flexibility index (Phi) is 6.28. The topological polar surface area (TPSA) is 74.2 Å². The van der Waals surface area contributed by atoms with Crippen molar-refractivity contribution in [3.8, 4) is 0 Å². The van der Waals surface area contributed by atoms with Crippen LogP contribution in [0.15, 0.2) is 18.2 Å². The van der Waals surface area contributed by atoms with E-state index in [1.54, 1.807) is 32.7 Å². The highest BCUT2D eigenvalue weighted by Crippen LogP contribution is 2.39. The summed E-state index contributed by atoms with van der Waals surface area (Å²) in [6.07, 6.45) is 0. The van der Waals surface area contributed by atoms with E-state index in [9.17, 15) is 9.90 Å². The maximum Gasteiger partial charge on any atom is 0.505 e. The van der Waals surface area contributed by atoms with Gasteiger partial charge < -0.3 is 23.8 Å². The standard InChI is InChI=1S/C24H31B2O6S2/c1-21(2,28)22(3,4)30-25-16-12-14-15(20(27)29-9)10-13-11-17(34-18(13)19(14)33-16)26-31-23(5,6)24(7,8)32-26/h10-12,28H,1-9H3. The van der Waals surface area contributed by atoms with E-state index in [4.69, 9.17) is 18.7 Å². The second kappa shape index (κ2) is 8.32. The fourth-order valence-corrected chi connectivity index (χ4v) is 5.78. The number of rotatable bonds is 6. The van der Waals surface area contributed by atoms with Crippen LogP contribution in [0.1, 0.15) is 65.7 Å². The smallest absolute Gasteiger partial charge is 0.465 e. The van der Waals surface area contributed by atoms with Gasteiger partial charge in [-0.05, 0) is 79.0 Å². The average Bonchev–Trinajstić information content (AvgIpc) is 3.38. The van der Waals surface area contributed by atoms with Crippen molar-refractivity contribution < 1.29 is 28.6 Å². The number of fused-ring (bicyclic) bond motifs is 3. The Hall–Kier alpha value is -1.42. The van der Waals surface area contributed by atoms with Crippen molar-refractivity contribution in [2.75, 3.05) is 7.11 Å². The van der Waals surface area contributed by atoms with Crippen LogP contribution >= 0.6 is 22.7 Å². The highest BCUT2D eigenvalue weighted by molar-refractivity contribution is 7.34. The quantitative estimate of drug-likeness (QED) is 0.407. The van der Waals surface area contributed by atoms with Crippen LogP contribution < -0.4 is 9.55 Å². The maximum absolute atomic E-state index is 12.6. The Labute approximate surface area is 210 Å². The van der Waals surface area contributed by atoms with Crippen molar-refractivity contribution >= 4 is 73.0 Å². The minimum Gasteiger partial charge on any atom is -0.465 e. The lowest BCUT2D eigenvalue weighted by molar-refractivity contribution is -0.0892. The van der Waals surface area contributed by atoms with Crippen LogP contribution in [0.25, 0.3) is 20.2 Å². The van der Waals surface area contributed by atoms with Gasteiger partial charge in [-0.2, -0.15) is 0 Å². The molecule has 1 aliphatic heterocycles. The number of aliphatic hydroxyl groups is 1. The van der Waals surface area contributed by atoms with E-state index in [1.165, 1.54) is 18.4 Å². The summed E-state index contributed by atoms with van der Waals surface area (Å²) in [5.41, 5.74) is -2.19. The van der Waals surface area contributed by atoms with Crippen LogP contribution in [-0.4, -0.2) is 55.2 Å². The van der Waals surface area contributed by atoms with Gasteiger partial charge in [-0.3, -0.25) is 0 Å². The predicted octanol–water partition coefficient (Wildman–Crippen LogP) is 4.01. The summed E-state index contributed by atoms with van der Waals surface area (Å²) < 4.78 is 27.4. The number of hydrogen-bond acceptors (Lipinski definition) is 8. The average molecular weight is 501 g/mol. The highest BCUT2D eigenvalue weighted by Gasteiger charge is 2.52. The fourth-order valence-electron chi connectivity index (χ4n) is 3.48. The van der Waals surface area contributed by atoms with Crippen molar-refractivity contribution in [2.24, 2.45) is 0 Å². The number of methoxy groups -OCH3 is 1. The molecule has 1 fully saturated rings. The summed E-state index contributed by atoms with van der Waals surface area (Å²) in [4.78, 5) is 12.6. The largest absolute Gasteiger partial charge is 0.505 e. The number of benzene rings is 1. The van der Waals surface area contributed by atoms with Crippen LogP contribution in [0.5, 0.6) is 0 Å². The maximum atomic E-state index is 12.6. The first kappa shape index (κ1) is 25.7. The SMILES string of the molecule is COC(=O)c1cc2cc(B3OC(C)(C)C(C)(C)O3)sc2c2sc([B]OC(C)(C)C(C)(C)O)cc12. The van der Waals surface area contributed by atoms with Gasteiger partial charge in [0.1, 0.15) is 0 Å². The zero-order valence-electron chi connectivity index (χ0n) is 21.2. The predicted molar refractivity (Wildman–Crippen MR) is 141 cm³/mol. The lowest BCUT2D eigenvalue weighted by Gasteiger charge is -2.37. The number of thiophene rings is 2. The zero-order valence-corrected chi connectivity index (χ0v) is 22.8. The van der Waals surface area contributed by atoms with Gasteiger partial charge >= 0.3 is 20.6 Å². The molecule has 1 saturated heterocycles. The molecule has 3 aromatic rings. The van der Waals surface area contributed by atoms with Gasteiger partial charge in [-0.15, -0.1) is 22.7 Å². The fraction of sp³-hybridized carbons (Fsp3) is 0.542. The van der Waals surface area contributed by atoms with Crippen LogP contribution in [-0.2, 0) is 18.7 Å². The first-order valence-electron chi connectivity index (χ1n) is 11.2. The van der Waals surface area contributed by atoms with E-state index in [0.29, 0.717) is 5.56 Å².